The molecule has 0 radical (unpaired) electrons. The van der Waals surface area contributed by atoms with Gasteiger partial charge in [-0.25, -0.2) is 0 Å². The molecule has 2 rings (SSSR count). The molecule has 20 heavy (non-hydrogen) atoms. The SMILES string of the molecule is CCCCCCC(C)Nc1ccc(-c2ccn[nH]2)cc1. The average molecular weight is 271 g/mol. The van der Waals surface area contributed by atoms with Crippen molar-refractivity contribution in [3.05, 3.63) is 36.5 Å². The topological polar surface area (TPSA) is 40.7 Å². The first kappa shape index (κ1) is 14.6. The molecule has 2 aromatic rings. The molecule has 3 heteroatoms. The maximum atomic E-state index is 3.98. The van der Waals surface area contributed by atoms with Crippen molar-refractivity contribution in [3.63, 3.8) is 0 Å². The molecule has 0 aliphatic carbocycles. The van der Waals surface area contributed by atoms with Crippen LogP contribution in [0.2, 0.25) is 0 Å². The predicted octanol–water partition coefficient (Wildman–Crippen LogP) is 4.85. The molecule has 1 aromatic carbocycles. The summed E-state index contributed by atoms with van der Waals surface area (Å²) in [6, 6.07) is 11.0. The summed E-state index contributed by atoms with van der Waals surface area (Å²) in [5.74, 6) is 0. The van der Waals surface area contributed by atoms with Crippen molar-refractivity contribution in [1.82, 2.24) is 10.2 Å². The van der Waals surface area contributed by atoms with E-state index in [9.17, 15) is 0 Å². The summed E-state index contributed by atoms with van der Waals surface area (Å²) in [6.07, 6.45) is 8.33. The minimum Gasteiger partial charge on any atom is -0.383 e. The lowest BCUT2D eigenvalue weighted by Crippen LogP contribution is -2.14. The molecular formula is C17H25N3. The number of aromatic nitrogens is 2. The standard InChI is InChI=1S/C17H25N3/c1-3-4-5-6-7-14(2)19-16-10-8-15(9-11-16)17-12-13-18-20-17/h8-14,19H,3-7H2,1-2H3,(H,18,20). The Bertz CT molecular complexity index is 473. The fourth-order valence-electron chi connectivity index (χ4n) is 2.40. The van der Waals surface area contributed by atoms with Crippen LogP contribution in [0.4, 0.5) is 5.69 Å². The van der Waals surface area contributed by atoms with E-state index in [4.69, 9.17) is 0 Å². The molecule has 0 aliphatic heterocycles. The Kier molecular flexibility index (Phi) is 5.66. The molecule has 0 saturated heterocycles. The lowest BCUT2D eigenvalue weighted by atomic mass is 10.1. The molecule has 0 saturated carbocycles. The van der Waals surface area contributed by atoms with Gasteiger partial charge in [-0.1, -0.05) is 44.7 Å². The second-order valence-electron chi connectivity index (χ2n) is 5.44. The van der Waals surface area contributed by atoms with Gasteiger partial charge in [-0.3, -0.25) is 5.10 Å². The van der Waals surface area contributed by atoms with E-state index in [1.54, 1.807) is 6.20 Å². The minimum absolute atomic E-state index is 0.532. The van der Waals surface area contributed by atoms with Crippen LogP contribution in [0.25, 0.3) is 11.3 Å². The molecule has 1 unspecified atom stereocenters. The second-order valence-corrected chi connectivity index (χ2v) is 5.44. The quantitative estimate of drug-likeness (QED) is 0.674. The largest absolute Gasteiger partial charge is 0.383 e. The Morgan fingerprint density at radius 2 is 1.90 bits per heavy atom. The minimum atomic E-state index is 0.532. The van der Waals surface area contributed by atoms with Gasteiger partial charge in [0.1, 0.15) is 0 Å². The van der Waals surface area contributed by atoms with Gasteiger partial charge in [0.2, 0.25) is 0 Å². The number of aromatic amines is 1. The van der Waals surface area contributed by atoms with Gasteiger partial charge >= 0.3 is 0 Å². The van der Waals surface area contributed by atoms with Crippen molar-refractivity contribution in [2.45, 2.75) is 52.0 Å². The van der Waals surface area contributed by atoms with Gasteiger partial charge in [-0.15, -0.1) is 0 Å². The van der Waals surface area contributed by atoms with Crippen molar-refractivity contribution in [1.29, 1.82) is 0 Å². The number of nitrogens with one attached hydrogen (secondary N) is 2. The van der Waals surface area contributed by atoms with E-state index in [1.807, 2.05) is 6.07 Å². The maximum absolute atomic E-state index is 3.98. The fraction of sp³-hybridized carbons (Fsp3) is 0.471. The number of anilines is 1. The monoisotopic (exact) mass is 271 g/mol. The molecule has 1 heterocycles. The second kappa shape index (κ2) is 7.73. The Balaban J connectivity index is 1.81. The van der Waals surface area contributed by atoms with Gasteiger partial charge in [0.15, 0.2) is 0 Å². The third-order valence-electron chi connectivity index (χ3n) is 3.60. The molecule has 0 aliphatic rings. The van der Waals surface area contributed by atoms with Gasteiger partial charge in [-0.05, 0) is 37.1 Å². The summed E-state index contributed by atoms with van der Waals surface area (Å²) < 4.78 is 0. The van der Waals surface area contributed by atoms with Crippen molar-refractivity contribution >= 4 is 5.69 Å². The summed E-state index contributed by atoms with van der Waals surface area (Å²) >= 11 is 0. The number of benzene rings is 1. The first-order valence-corrected chi connectivity index (χ1v) is 7.66. The summed E-state index contributed by atoms with van der Waals surface area (Å²) in [5, 5.41) is 10.5. The predicted molar refractivity (Wildman–Crippen MR) is 85.9 cm³/mol. The van der Waals surface area contributed by atoms with Crippen LogP contribution in [0, 0.1) is 0 Å². The summed E-state index contributed by atoms with van der Waals surface area (Å²) in [7, 11) is 0. The maximum Gasteiger partial charge on any atom is 0.0650 e. The van der Waals surface area contributed by atoms with Gasteiger partial charge in [0, 0.05) is 17.9 Å². The lowest BCUT2D eigenvalue weighted by Gasteiger charge is -2.15. The van der Waals surface area contributed by atoms with Crippen molar-refractivity contribution in [2.24, 2.45) is 0 Å². The van der Waals surface area contributed by atoms with Crippen LogP contribution in [-0.4, -0.2) is 16.2 Å². The molecule has 1 atom stereocenters. The molecular weight excluding hydrogens is 246 g/mol. The average Bonchev–Trinajstić information content (AvgIpc) is 2.99. The van der Waals surface area contributed by atoms with Crippen LogP contribution in [0.1, 0.15) is 46.0 Å². The van der Waals surface area contributed by atoms with E-state index in [0.29, 0.717) is 6.04 Å². The van der Waals surface area contributed by atoms with Gasteiger partial charge in [-0.2, -0.15) is 5.10 Å². The summed E-state index contributed by atoms with van der Waals surface area (Å²) in [6.45, 7) is 4.51. The highest BCUT2D eigenvalue weighted by Gasteiger charge is 2.03. The Morgan fingerprint density at radius 3 is 2.55 bits per heavy atom. The van der Waals surface area contributed by atoms with Crippen LogP contribution in [0.3, 0.4) is 0 Å². The molecule has 108 valence electrons. The van der Waals surface area contributed by atoms with Gasteiger partial charge < -0.3 is 5.32 Å². The van der Waals surface area contributed by atoms with E-state index < -0.39 is 0 Å². The van der Waals surface area contributed by atoms with Gasteiger partial charge in [0.25, 0.3) is 0 Å². The first-order chi connectivity index (χ1) is 9.79. The molecule has 0 spiro atoms. The third-order valence-corrected chi connectivity index (χ3v) is 3.60. The number of H-pyrrole nitrogens is 1. The van der Waals surface area contributed by atoms with Crippen LogP contribution < -0.4 is 5.32 Å². The van der Waals surface area contributed by atoms with Crippen LogP contribution in [0.5, 0.6) is 0 Å². The van der Waals surface area contributed by atoms with E-state index in [1.165, 1.54) is 43.4 Å². The highest BCUT2D eigenvalue weighted by atomic mass is 15.1. The van der Waals surface area contributed by atoms with E-state index in [0.717, 1.165) is 5.69 Å². The highest BCUT2D eigenvalue weighted by molar-refractivity contribution is 5.62. The number of nitrogens with zero attached hydrogens (tertiary/aromatic N) is 1. The summed E-state index contributed by atoms with van der Waals surface area (Å²) in [4.78, 5) is 0. The van der Waals surface area contributed by atoms with Crippen molar-refractivity contribution in [2.75, 3.05) is 5.32 Å². The smallest absolute Gasteiger partial charge is 0.0650 e. The van der Waals surface area contributed by atoms with Crippen LogP contribution in [0.15, 0.2) is 36.5 Å². The molecule has 2 N–H and O–H groups in total. The van der Waals surface area contributed by atoms with E-state index in [2.05, 4.69) is 53.6 Å². The molecule has 0 fully saturated rings. The highest BCUT2D eigenvalue weighted by Crippen LogP contribution is 2.20. The van der Waals surface area contributed by atoms with E-state index in [-0.39, 0.29) is 0 Å². The molecule has 1 aromatic heterocycles. The fourth-order valence-corrected chi connectivity index (χ4v) is 2.40. The number of rotatable bonds is 8. The van der Waals surface area contributed by atoms with Crippen molar-refractivity contribution in [3.8, 4) is 11.3 Å². The Morgan fingerprint density at radius 1 is 1.10 bits per heavy atom. The Hall–Kier alpha value is -1.77. The normalized spacial score (nSPS) is 12.3. The van der Waals surface area contributed by atoms with E-state index >= 15 is 0 Å². The molecule has 3 nitrogen and oxygen atoms in total. The molecule has 0 amide bonds. The number of hydrogen-bond acceptors (Lipinski definition) is 2. The zero-order valence-corrected chi connectivity index (χ0v) is 12.5. The van der Waals surface area contributed by atoms with Crippen molar-refractivity contribution < 1.29 is 0 Å². The number of unbranched alkanes of at least 4 members (excludes halogenated alkanes) is 3. The van der Waals surface area contributed by atoms with Crippen LogP contribution in [-0.2, 0) is 0 Å². The third kappa shape index (κ3) is 4.41. The lowest BCUT2D eigenvalue weighted by molar-refractivity contribution is 0.594. The zero-order valence-electron chi connectivity index (χ0n) is 12.5. The number of hydrogen-bond donors (Lipinski definition) is 2. The first-order valence-electron chi connectivity index (χ1n) is 7.66. The zero-order chi connectivity index (χ0) is 14.2. The van der Waals surface area contributed by atoms with Gasteiger partial charge in [0.05, 0.1) is 5.69 Å². The molecule has 0 bridgehead atoms. The van der Waals surface area contributed by atoms with Crippen LogP contribution >= 0.6 is 0 Å². The Labute approximate surface area is 121 Å². The summed E-state index contributed by atoms with van der Waals surface area (Å²) in [5.41, 5.74) is 3.42.